The van der Waals surface area contributed by atoms with Gasteiger partial charge in [-0.15, -0.1) is 0 Å². The maximum absolute atomic E-state index is 12.5. The number of nitrogens with zero attached hydrogens (tertiary/aromatic N) is 2. The van der Waals surface area contributed by atoms with E-state index in [0.717, 1.165) is 25.7 Å². The van der Waals surface area contributed by atoms with E-state index in [1.165, 1.54) is 24.0 Å². The summed E-state index contributed by atoms with van der Waals surface area (Å²) in [6.45, 7) is 5.14. The van der Waals surface area contributed by atoms with Crippen LogP contribution in [0, 0.1) is 5.92 Å². The Morgan fingerprint density at radius 2 is 1.67 bits per heavy atom. The summed E-state index contributed by atoms with van der Waals surface area (Å²) >= 11 is 0. The molecule has 1 fully saturated rings. The van der Waals surface area contributed by atoms with Crippen LogP contribution >= 0.6 is 0 Å². The normalized spacial score (nSPS) is 16.4. The molecular weight excluding hydrogens is 312 g/mol. The number of esters is 1. The lowest BCUT2D eigenvalue weighted by atomic mass is 9.97. The van der Waals surface area contributed by atoms with Gasteiger partial charge >= 0.3 is 12.1 Å². The summed E-state index contributed by atoms with van der Waals surface area (Å²) in [4.78, 5) is 39.2. The second-order valence-corrected chi connectivity index (χ2v) is 7.35. The first-order valence-corrected chi connectivity index (χ1v) is 8.34. The Balaban J connectivity index is 2.72. The highest BCUT2D eigenvalue weighted by Crippen LogP contribution is 2.30. The van der Waals surface area contributed by atoms with Gasteiger partial charge in [-0.05, 0) is 39.5 Å². The monoisotopic (exact) mass is 342 g/mol. The SMILES string of the molecule is COC(=O)[C@H](C1CCCC1)N(C)C(=O)CN(C)C(=O)OC(C)(C)C. The molecule has 0 spiro atoms. The second-order valence-electron chi connectivity index (χ2n) is 7.35. The molecule has 0 aliphatic heterocycles. The number of methoxy groups -OCH3 is 1. The van der Waals surface area contributed by atoms with Gasteiger partial charge in [-0.25, -0.2) is 9.59 Å². The van der Waals surface area contributed by atoms with E-state index in [1.807, 2.05) is 0 Å². The largest absolute Gasteiger partial charge is 0.467 e. The summed E-state index contributed by atoms with van der Waals surface area (Å²) in [6, 6.07) is -0.600. The van der Waals surface area contributed by atoms with Crippen LogP contribution in [0.25, 0.3) is 0 Å². The van der Waals surface area contributed by atoms with Crippen LogP contribution in [-0.2, 0) is 19.1 Å². The maximum Gasteiger partial charge on any atom is 0.410 e. The molecule has 0 saturated heterocycles. The molecule has 0 bridgehead atoms. The number of hydrogen-bond acceptors (Lipinski definition) is 5. The van der Waals surface area contributed by atoms with E-state index >= 15 is 0 Å². The maximum atomic E-state index is 12.5. The van der Waals surface area contributed by atoms with Crippen LogP contribution in [0.2, 0.25) is 0 Å². The fourth-order valence-corrected chi connectivity index (χ4v) is 2.93. The van der Waals surface area contributed by atoms with E-state index < -0.39 is 23.7 Å². The lowest BCUT2D eigenvalue weighted by Gasteiger charge is -2.32. The smallest absolute Gasteiger partial charge is 0.410 e. The van der Waals surface area contributed by atoms with Crippen molar-refractivity contribution in [2.24, 2.45) is 5.92 Å². The molecule has 24 heavy (non-hydrogen) atoms. The van der Waals surface area contributed by atoms with Crippen molar-refractivity contribution in [3.8, 4) is 0 Å². The standard InChI is InChI=1S/C17H30N2O5/c1-17(2,3)24-16(22)18(4)11-13(20)19(5)14(15(21)23-6)12-9-7-8-10-12/h12,14H,7-11H2,1-6H3/t14-/m0/s1. The number of carbonyl (C=O) groups excluding carboxylic acids is 3. The minimum absolute atomic E-state index is 0.109. The summed E-state index contributed by atoms with van der Waals surface area (Å²) in [5.74, 6) is -0.610. The van der Waals surface area contributed by atoms with E-state index in [-0.39, 0.29) is 18.4 Å². The van der Waals surface area contributed by atoms with Crippen molar-refractivity contribution < 1.29 is 23.9 Å². The van der Waals surface area contributed by atoms with Gasteiger partial charge in [0.05, 0.1) is 7.11 Å². The fourth-order valence-electron chi connectivity index (χ4n) is 2.93. The van der Waals surface area contributed by atoms with Crippen LogP contribution in [-0.4, -0.2) is 67.2 Å². The van der Waals surface area contributed by atoms with Gasteiger partial charge in [0.2, 0.25) is 5.91 Å². The predicted molar refractivity (Wildman–Crippen MR) is 89.4 cm³/mol. The molecule has 0 unspecified atom stereocenters. The molecule has 0 heterocycles. The van der Waals surface area contributed by atoms with E-state index in [4.69, 9.17) is 9.47 Å². The van der Waals surface area contributed by atoms with Crippen molar-refractivity contribution in [1.29, 1.82) is 0 Å². The van der Waals surface area contributed by atoms with Crippen LogP contribution in [0.1, 0.15) is 46.5 Å². The average molecular weight is 342 g/mol. The summed E-state index contributed by atoms with van der Waals surface area (Å²) in [5, 5.41) is 0. The third-order valence-electron chi connectivity index (χ3n) is 4.18. The Bertz CT molecular complexity index is 466. The topological polar surface area (TPSA) is 76.2 Å². The molecule has 0 aromatic carbocycles. The summed E-state index contributed by atoms with van der Waals surface area (Å²) in [5.41, 5.74) is -0.626. The quantitative estimate of drug-likeness (QED) is 0.715. The molecule has 1 aliphatic carbocycles. The van der Waals surface area contributed by atoms with Gasteiger partial charge in [0, 0.05) is 14.1 Å². The first-order chi connectivity index (χ1) is 11.1. The van der Waals surface area contributed by atoms with Crippen molar-refractivity contribution in [2.45, 2.75) is 58.1 Å². The lowest BCUT2D eigenvalue weighted by Crippen LogP contribution is -2.50. The third-order valence-corrected chi connectivity index (χ3v) is 4.18. The average Bonchev–Trinajstić information content (AvgIpc) is 2.99. The van der Waals surface area contributed by atoms with Crippen LogP contribution in [0.15, 0.2) is 0 Å². The number of carbonyl (C=O) groups is 3. The zero-order chi connectivity index (χ0) is 18.5. The number of rotatable bonds is 5. The predicted octanol–water partition coefficient (Wildman–Crippen LogP) is 2.04. The summed E-state index contributed by atoms with van der Waals surface area (Å²) in [6.07, 6.45) is 3.34. The van der Waals surface area contributed by atoms with Gasteiger partial charge in [0.25, 0.3) is 0 Å². The van der Waals surface area contributed by atoms with E-state index in [9.17, 15) is 14.4 Å². The first kappa shape index (κ1) is 20.3. The van der Waals surface area contributed by atoms with Crippen molar-refractivity contribution in [3.63, 3.8) is 0 Å². The highest BCUT2D eigenvalue weighted by molar-refractivity contribution is 5.87. The van der Waals surface area contributed by atoms with Gasteiger partial charge in [-0.3, -0.25) is 4.79 Å². The second kappa shape index (κ2) is 8.35. The number of amides is 2. The summed E-state index contributed by atoms with van der Waals surface area (Å²) < 4.78 is 10.1. The van der Waals surface area contributed by atoms with Crippen LogP contribution < -0.4 is 0 Å². The lowest BCUT2D eigenvalue weighted by molar-refractivity contribution is -0.154. The number of ether oxygens (including phenoxy) is 2. The van der Waals surface area contributed by atoms with E-state index in [1.54, 1.807) is 27.8 Å². The molecule has 1 rings (SSSR count). The van der Waals surface area contributed by atoms with E-state index in [0.29, 0.717) is 0 Å². The van der Waals surface area contributed by atoms with Crippen molar-refractivity contribution >= 4 is 18.0 Å². The zero-order valence-corrected chi connectivity index (χ0v) is 15.6. The Morgan fingerprint density at radius 3 is 2.12 bits per heavy atom. The van der Waals surface area contributed by atoms with Crippen LogP contribution in [0.4, 0.5) is 4.79 Å². The van der Waals surface area contributed by atoms with Gasteiger partial charge < -0.3 is 19.3 Å². The van der Waals surface area contributed by atoms with Crippen molar-refractivity contribution in [2.75, 3.05) is 27.7 Å². The molecule has 1 saturated carbocycles. The minimum Gasteiger partial charge on any atom is -0.467 e. The molecule has 138 valence electrons. The number of hydrogen-bond donors (Lipinski definition) is 0. The van der Waals surface area contributed by atoms with Crippen molar-refractivity contribution in [3.05, 3.63) is 0 Å². The molecule has 0 N–H and O–H groups in total. The van der Waals surface area contributed by atoms with E-state index in [2.05, 4.69) is 0 Å². The Kier molecular flexibility index (Phi) is 7.05. The van der Waals surface area contributed by atoms with Crippen molar-refractivity contribution in [1.82, 2.24) is 9.80 Å². The molecule has 7 heteroatoms. The minimum atomic E-state index is -0.626. The molecule has 1 aliphatic rings. The van der Waals surface area contributed by atoms with Gasteiger partial charge in [-0.1, -0.05) is 12.8 Å². The molecule has 0 aromatic rings. The molecule has 7 nitrogen and oxygen atoms in total. The highest BCUT2D eigenvalue weighted by Gasteiger charge is 2.37. The molecule has 0 aromatic heterocycles. The third kappa shape index (κ3) is 5.69. The Hall–Kier alpha value is -1.79. The van der Waals surface area contributed by atoms with Crippen LogP contribution in [0.3, 0.4) is 0 Å². The fraction of sp³-hybridized carbons (Fsp3) is 0.824. The first-order valence-electron chi connectivity index (χ1n) is 8.34. The van der Waals surface area contributed by atoms with Gasteiger partial charge in [0.15, 0.2) is 0 Å². The molecule has 2 amide bonds. The Labute approximate surface area is 144 Å². The molecule has 0 radical (unpaired) electrons. The number of likely N-dealkylation sites (N-methyl/N-ethyl adjacent to an activating group) is 2. The molecular formula is C17H30N2O5. The van der Waals surface area contributed by atoms with Crippen LogP contribution in [0.5, 0.6) is 0 Å². The highest BCUT2D eigenvalue weighted by atomic mass is 16.6. The molecule has 1 atom stereocenters. The Morgan fingerprint density at radius 1 is 1.12 bits per heavy atom. The summed E-state index contributed by atoms with van der Waals surface area (Å²) in [7, 11) is 4.42. The van der Waals surface area contributed by atoms with Gasteiger partial charge in [0.1, 0.15) is 18.2 Å². The zero-order valence-electron chi connectivity index (χ0n) is 15.6. The van der Waals surface area contributed by atoms with Gasteiger partial charge in [-0.2, -0.15) is 0 Å².